The zero-order valence-corrected chi connectivity index (χ0v) is 14.4. The third-order valence-corrected chi connectivity index (χ3v) is 5.00. The first kappa shape index (κ1) is 18.0. The average Bonchev–Trinajstić information content (AvgIpc) is 3.38. The average molecular weight is 359 g/mol. The molecule has 1 amide bonds. The van der Waals surface area contributed by atoms with Gasteiger partial charge >= 0.3 is 5.97 Å². The van der Waals surface area contributed by atoms with Crippen LogP contribution in [-0.4, -0.2) is 17.0 Å². The van der Waals surface area contributed by atoms with Crippen molar-refractivity contribution in [1.29, 1.82) is 0 Å². The van der Waals surface area contributed by atoms with Crippen LogP contribution in [0.3, 0.4) is 0 Å². The van der Waals surface area contributed by atoms with Crippen LogP contribution in [0.2, 0.25) is 0 Å². The van der Waals surface area contributed by atoms with Crippen molar-refractivity contribution in [1.82, 2.24) is 5.32 Å². The monoisotopic (exact) mass is 359 g/mol. The van der Waals surface area contributed by atoms with Crippen LogP contribution >= 0.6 is 0 Å². The quantitative estimate of drug-likeness (QED) is 0.857. The zero-order valence-electron chi connectivity index (χ0n) is 14.4. The highest BCUT2D eigenvalue weighted by Crippen LogP contribution is 2.48. The van der Waals surface area contributed by atoms with E-state index in [1.165, 1.54) is 12.1 Å². The number of amides is 1. The van der Waals surface area contributed by atoms with Gasteiger partial charge in [0, 0.05) is 5.92 Å². The van der Waals surface area contributed by atoms with E-state index in [0.717, 1.165) is 17.2 Å². The number of carboxylic acid groups (broad SMARTS) is 1. The molecule has 0 spiro atoms. The van der Waals surface area contributed by atoms with Gasteiger partial charge in [-0.3, -0.25) is 4.79 Å². The molecule has 1 fully saturated rings. The fraction of sp³-hybridized carbons (Fsp3) is 0.300. The maximum Gasteiger partial charge on any atom is 0.330 e. The number of benzene rings is 2. The van der Waals surface area contributed by atoms with Crippen molar-refractivity contribution in [2.45, 2.75) is 32.2 Å². The van der Waals surface area contributed by atoms with Crippen molar-refractivity contribution in [3.05, 3.63) is 70.3 Å². The van der Waals surface area contributed by atoms with E-state index in [9.17, 15) is 23.5 Å². The molecule has 136 valence electrons. The van der Waals surface area contributed by atoms with Crippen LogP contribution in [0, 0.1) is 31.4 Å². The molecule has 6 heteroatoms. The lowest BCUT2D eigenvalue weighted by Gasteiger charge is -2.18. The first-order valence-electron chi connectivity index (χ1n) is 8.34. The Hall–Kier alpha value is -2.76. The third-order valence-electron chi connectivity index (χ3n) is 5.00. The van der Waals surface area contributed by atoms with Crippen LogP contribution < -0.4 is 5.32 Å². The summed E-state index contributed by atoms with van der Waals surface area (Å²) in [5.41, 5.74) is 2.39. The van der Waals surface area contributed by atoms with Crippen LogP contribution in [0.15, 0.2) is 36.4 Å². The Balaban J connectivity index is 1.77. The molecule has 0 aromatic heterocycles. The highest BCUT2D eigenvalue weighted by molar-refractivity contribution is 5.88. The van der Waals surface area contributed by atoms with E-state index in [4.69, 9.17) is 0 Å². The largest absolute Gasteiger partial charge is 0.479 e. The van der Waals surface area contributed by atoms with Gasteiger partial charge in [0.15, 0.2) is 17.7 Å². The van der Waals surface area contributed by atoms with Crippen LogP contribution in [0.5, 0.6) is 0 Å². The minimum atomic E-state index is -1.18. The number of carbonyl (C=O) groups is 2. The molecule has 3 rings (SSSR count). The molecule has 0 saturated heterocycles. The number of hydrogen-bond acceptors (Lipinski definition) is 2. The van der Waals surface area contributed by atoms with E-state index in [1.54, 1.807) is 19.1 Å². The van der Waals surface area contributed by atoms with Gasteiger partial charge in [0.2, 0.25) is 5.91 Å². The summed E-state index contributed by atoms with van der Waals surface area (Å²) in [6, 6.07) is 7.97. The second kappa shape index (κ2) is 6.86. The minimum Gasteiger partial charge on any atom is -0.479 e. The predicted molar refractivity (Wildman–Crippen MR) is 91.6 cm³/mol. The van der Waals surface area contributed by atoms with E-state index >= 15 is 0 Å². The predicted octanol–water partition coefficient (Wildman–Crippen LogP) is 3.63. The number of aryl methyl sites for hydroxylation is 1. The highest BCUT2D eigenvalue weighted by Gasteiger charge is 2.46. The number of aliphatic carboxylic acids is 1. The summed E-state index contributed by atoms with van der Waals surface area (Å²) in [6.07, 6.45) is 0.366. The summed E-state index contributed by atoms with van der Waals surface area (Å²) in [7, 11) is 0. The van der Waals surface area contributed by atoms with Gasteiger partial charge in [0.05, 0.1) is 0 Å². The molecule has 3 atom stereocenters. The Morgan fingerprint density at radius 1 is 1.15 bits per heavy atom. The second-order valence-corrected chi connectivity index (χ2v) is 6.66. The normalized spacial score (nSPS) is 19.7. The van der Waals surface area contributed by atoms with E-state index in [0.29, 0.717) is 12.0 Å². The van der Waals surface area contributed by atoms with Gasteiger partial charge in [-0.05, 0) is 54.5 Å². The Morgan fingerprint density at radius 3 is 2.54 bits per heavy atom. The molecule has 2 N–H and O–H groups in total. The molecular weight excluding hydrogens is 340 g/mol. The first-order chi connectivity index (χ1) is 12.3. The van der Waals surface area contributed by atoms with Crippen LogP contribution in [0.4, 0.5) is 8.78 Å². The number of nitrogens with one attached hydrogen (secondary N) is 1. The molecule has 1 aliphatic carbocycles. The molecule has 1 aliphatic rings. The number of rotatable bonds is 5. The summed E-state index contributed by atoms with van der Waals surface area (Å²) in [5.74, 6) is -4.52. The maximum absolute atomic E-state index is 13.9. The van der Waals surface area contributed by atoms with Gasteiger partial charge in [0.25, 0.3) is 0 Å². The molecule has 0 bridgehead atoms. The van der Waals surface area contributed by atoms with E-state index in [-0.39, 0.29) is 5.56 Å². The number of halogens is 2. The van der Waals surface area contributed by atoms with E-state index < -0.39 is 41.4 Å². The molecule has 1 saturated carbocycles. The van der Waals surface area contributed by atoms with Crippen LogP contribution in [-0.2, 0) is 9.59 Å². The SMILES string of the molecule is Cc1cccc(C(NC(=O)C2CC2c2cccc(F)c2F)C(=O)O)c1C. The zero-order chi connectivity index (χ0) is 19.0. The standard InChI is InChI=1S/C20H19F2NO3/c1-10-5-3-6-12(11(10)2)18(20(25)26)23-19(24)15-9-14(15)13-7-4-8-16(21)17(13)22/h3-8,14-15,18H,9H2,1-2H3,(H,23,24)(H,25,26). The molecule has 3 unspecified atom stereocenters. The number of carbonyl (C=O) groups excluding carboxylic acids is 1. The maximum atomic E-state index is 13.9. The van der Waals surface area contributed by atoms with Crippen molar-refractivity contribution in [3.63, 3.8) is 0 Å². The van der Waals surface area contributed by atoms with Gasteiger partial charge in [-0.25, -0.2) is 13.6 Å². The molecule has 0 heterocycles. The first-order valence-corrected chi connectivity index (χ1v) is 8.34. The fourth-order valence-electron chi connectivity index (χ4n) is 3.24. The smallest absolute Gasteiger partial charge is 0.330 e. The Labute approximate surface area is 149 Å². The highest BCUT2D eigenvalue weighted by atomic mass is 19.2. The summed E-state index contributed by atoms with van der Waals surface area (Å²) >= 11 is 0. The van der Waals surface area contributed by atoms with Gasteiger partial charge < -0.3 is 10.4 Å². The Morgan fingerprint density at radius 2 is 1.85 bits per heavy atom. The lowest BCUT2D eigenvalue weighted by atomic mass is 9.97. The van der Waals surface area contributed by atoms with E-state index in [2.05, 4.69) is 5.32 Å². The molecule has 0 aliphatic heterocycles. The Bertz CT molecular complexity index is 881. The van der Waals surface area contributed by atoms with Crippen molar-refractivity contribution in [2.75, 3.05) is 0 Å². The lowest BCUT2D eigenvalue weighted by Crippen LogP contribution is -2.35. The minimum absolute atomic E-state index is 0.156. The van der Waals surface area contributed by atoms with Gasteiger partial charge in [-0.15, -0.1) is 0 Å². The molecular formula is C20H19F2NO3. The molecule has 26 heavy (non-hydrogen) atoms. The molecule has 2 aromatic rings. The second-order valence-electron chi connectivity index (χ2n) is 6.66. The molecule has 4 nitrogen and oxygen atoms in total. The Kier molecular flexibility index (Phi) is 4.76. The summed E-state index contributed by atoms with van der Waals surface area (Å²) in [5, 5.41) is 12.1. The number of carboxylic acids is 1. The van der Waals surface area contributed by atoms with Gasteiger partial charge in [0.1, 0.15) is 0 Å². The van der Waals surface area contributed by atoms with Gasteiger partial charge in [-0.2, -0.15) is 0 Å². The lowest BCUT2D eigenvalue weighted by molar-refractivity contribution is -0.142. The van der Waals surface area contributed by atoms with Crippen LogP contribution in [0.25, 0.3) is 0 Å². The third kappa shape index (κ3) is 3.31. The summed E-state index contributed by atoms with van der Waals surface area (Å²) in [4.78, 5) is 24.1. The number of hydrogen-bond donors (Lipinski definition) is 2. The summed E-state index contributed by atoms with van der Waals surface area (Å²) < 4.78 is 27.2. The summed E-state index contributed by atoms with van der Waals surface area (Å²) in [6.45, 7) is 3.66. The molecule has 0 radical (unpaired) electrons. The van der Waals surface area contributed by atoms with Crippen molar-refractivity contribution in [2.24, 2.45) is 5.92 Å². The van der Waals surface area contributed by atoms with Crippen molar-refractivity contribution >= 4 is 11.9 Å². The van der Waals surface area contributed by atoms with Crippen molar-refractivity contribution < 1.29 is 23.5 Å². The van der Waals surface area contributed by atoms with Crippen LogP contribution in [0.1, 0.15) is 40.6 Å². The fourth-order valence-corrected chi connectivity index (χ4v) is 3.24. The topological polar surface area (TPSA) is 66.4 Å². The molecule has 2 aromatic carbocycles. The van der Waals surface area contributed by atoms with Gasteiger partial charge in [-0.1, -0.05) is 30.3 Å². The van der Waals surface area contributed by atoms with Crippen molar-refractivity contribution in [3.8, 4) is 0 Å². The van der Waals surface area contributed by atoms with E-state index in [1.807, 2.05) is 13.0 Å².